The van der Waals surface area contributed by atoms with Crippen LogP contribution >= 0.6 is 10.5 Å². The highest BCUT2D eigenvalue weighted by Gasteiger charge is 2.36. The van der Waals surface area contributed by atoms with E-state index >= 15 is 0 Å². The third-order valence-electron chi connectivity index (χ3n) is 7.58. The van der Waals surface area contributed by atoms with Crippen molar-refractivity contribution in [3.8, 4) is 4.90 Å². The number of hydrogen-bond acceptors (Lipinski definition) is 5. The fraction of sp³-hybridized carbons (Fsp3) is 0.323. The maximum absolute atomic E-state index is 13.5. The topological polar surface area (TPSA) is 69.7 Å². The largest absolute Gasteiger partial charge is 0.457 e. The molecule has 3 aromatic carbocycles. The molecule has 0 aliphatic heterocycles. The standard InChI is InChI=1S/C31H28F3O5S/c1-3-30(14-6-7-15-30)39-27(35)18-38-29(37)20-11-10-19(2)26(16-20)40-24-9-5-4-8-22(24)28(36)23-17-21(31(32,33)34)12-13-25(23)40/h4-5,8-13,16-17H,3,6-7,14-15,18H2,1-2H3/q+1. The van der Waals surface area contributed by atoms with Crippen LogP contribution in [0.25, 0.3) is 25.1 Å². The first-order chi connectivity index (χ1) is 19.0. The highest BCUT2D eigenvalue weighted by Crippen LogP contribution is 2.46. The smallest absolute Gasteiger partial charge is 0.416 e. The molecule has 208 valence electrons. The van der Waals surface area contributed by atoms with E-state index in [2.05, 4.69) is 0 Å². The van der Waals surface area contributed by atoms with Gasteiger partial charge in [0.25, 0.3) is 0 Å². The van der Waals surface area contributed by atoms with Gasteiger partial charge >= 0.3 is 18.1 Å². The van der Waals surface area contributed by atoms with Gasteiger partial charge < -0.3 is 9.47 Å². The Hall–Kier alpha value is -3.72. The van der Waals surface area contributed by atoms with Crippen molar-refractivity contribution in [3.63, 3.8) is 0 Å². The van der Waals surface area contributed by atoms with E-state index in [0.717, 1.165) is 43.4 Å². The Kier molecular flexibility index (Phi) is 7.44. The zero-order valence-corrected chi connectivity index (χ0v) is 22.9. The van der Waals surface area contributed by atoms with Crippen molar-refractivity contribution in [2.24, 2.45) is 0 Å². The predicted molar refractivity (Wildman–Crippen MR) is 149 cm³/mol. The first-order valence-corrected chi connectivity index (χ1v) is 14.3. The van der Waals surface area contributed by atoms with Gasteiger partial charge in [-0.15, -0.1) is 0 Å². The maximum Gasteiger partial charge on any atom is 0.416 e. The summed E-state index contributed by atoms with van der Waals surface area (Å²) in [6.45, 7) is 3.29. The summed E-state index contributed by atoms with van der Waals surface area (Å²) >= 11 is 0. The molecule has 1 fully saturated rings. The minimum Gasteiger partial charge on any atom is -0.457 e. The van der Waals surface area contributed by atoms with Crippen LogP contribution in [-0.4, -0.2) is 24.1 Å². The van der Waals surface area contributed by atoms with Crippen molar-refractivity contribution in [2.45, 2.75) is 57.7 Å². The van der Waals surface area contributed by atoms with Crippen molar-refractivity contribution in [2.75, 3.05) is 6.61 Å². The van der Waals surface area contributed by atoms with E-state index in [-0.39, 0.29) is 10.9 Å². The quantitative estimate of drug-likeness (QED) is 0.134. The molecule has 1 aliphatic carbocycles. The normalized spacial score (nSPS) is 15.4. The average molecular weight is 570 g/mol. The van der Waals surface area contributed by atoms with Crippen LogP contribution in [0.4, 0.5) is 13.2 Å². The van der Waals surface area contributed by atoms with Crippen LogP contribution in [0.15, 0.2) is 65.5 Å². The van der Waals surface area contributed by atoms with Crippen LogP contribution < -0.4 is 5.43 Å². The summed E-state index contributed by atoms with van der Waals surface area (Å²) in [6, 6.07) is 15.0. The fourth-order valence-corrected chi connectivity index (χ4v) is 7.88. The average Bonchev–Trinajstić information content (AvgIpc) is 3.41. The number of aryl methyl sites for hydroxylation is 1. The molecule has 5 nitrogen and oxygen atoms in total. The van der Waals surface area contributed by atoms with Crippen molar-refractivity contribution < 1.29 is 32.2 Å². The molecule has 0 spiro atoms. The van der Waals surface area contributed by atoms with Crippen LogP contribution in [0.1, 0.15) is 60.5 Å². The summed E-state index contributed by atoms with van der Waals surface area (Å²) < 4.78 is 52.6. The Labute approximate surface area is 231 Å². The van der Waals surface area contributed by atoms with E-state index in [9.17, 15) is 27.6 Å². The van der Waals surface area contributed by atoms with Crippen LogP contribution in [0.5, 0.6) is 0 Å². The Morgan fingerprint density at radius 3 is 2.35 bits per heavy atom. The first kappa shape index (κ1) is 27.8. The number of carbonyl (C=O) groups is 2. The maximum atomic E-state index is 13.5. The molecule has 40 heavy (non-hydrogen) atoms. The molecule has 0 saturated heterocycles. The summed E-state index contributed by atoms with van der Waals surface area (Å²) in [5, 5.41) is 0.313. The van der Waals surface area contributed by atoms with E-state index in [1.165, 1.54) is 6.07 Å². The summed E-state index contributed by atoms with van der Waals surface area (Å²) in [6.07, 6.45) is -0.327. The molecule has 1 aromatic heterocycles. The number of fused-ring (bicyclic) bond motifs is 2. The van der Waals surface area contributed by atoms with E-state index < -0.39 is 51.8 Å². The number of hydrogen-bond donors (Lipinski definition) is 0. The molecule has 0 N–H and O–H groups in total. The number of benzene rings is 3. The van der Waals surface area contributed by atoms with Gasteiger partial charge in [-0.1, -0.05) is 25.1 Å². The van der Waals surface area contributed by atoms with E-state index in [1.807, 2.05) is 13.8 Å². The van der Waals surface area contributed by atoms with Crippen molar-refractivity contribution in [3.05, 3.63) is 87.6 Å². The van der Waals surface area contributed by atoms with Crippen LogP contribution in [0.3, 0.4) is 0 Å². The molecule has 4 aromatic rings. The number of carbonyl (C=O) groups excluding carboxylic acids is 2. The van der Waals surface area contributed by atoms with E-state index in [1.54, 1.807) is 42.5 Å². The molecule has 0 bridgehead atoms. The van der Waals surface area contributed by atoms with Crippen LogP contribution in [0, 0.1) is 6.92 Å². The molecule has 0 radical (unpaired) electrons. The second-order valence-electron chi connectivity index (χ2n) is 10.1. The number of rotatable bonds is 6. The SMILES string of the molecule is CCC1(OC(=O)COC(=O)c2ccc(C)c(-[s+]3c4ccccc4c(=O)c4cc(C(F)(F)F)ccc43)c2)CCCC1. The van der Waals surface area contributed by atoms with Crippen molar-refractivity contribution in [1.29, 1.82) is 0 Å². The van der Waals surface area contributed by atoms with Gasteiger partial charge in [-0.2, -0.15) is 13.2 Å². The molecule has 5 rings (SSSR count). The van der Waals surface area contributed by atoms with Gasteiger partial charge in [-0.3, -0.25) is 4.79 Å². The van der Waals surface area contributed by atoms with E-state index in [4.69, 9.17) is 9.47 Å². The van der Waals surface area contributed by atoms with Crippen LogP contribution in [-0.2, 0) is 20.4 Å². The second-order valence-corrected chi connectivity index (χ2v) is 12.0. The predicted octanol–water partition coefficient (Wildman–Crippen LogP) is 7.84. The number of alkyl halides is 3. The van der Waals surface area contributed by atoms with Gasteiger partial charge in [0.05, 0.1) is 21.9 Å². The molecule has 1 heterocycles. The second kappa shape index (κ2) is 10.7. The summed E-state index contributed by atoms with van der Waals surface area (Å²) in [4.78, 5) is 39.4. The Bertz CT molecular complexity index is 1680. The summed E-state index contributed by atoms with van der Waals surface area (Å²) in [5.74, 6) is -1.31. The molecule has 1 atom stereocenters. The third-order valence-corrected chi connectivity index (χ3v) is 10.0. The van der Waals surface area contributed by atoms with Gasteiger partial charge in [0.15, 0.2) is 20.9 Å². The van der Waals surface area contributed by atoms with Gasteiger partial charge in [-0.05, 0) is 75.4 Å². The van der Waals surface area contributed by atoms with Gasteiger partial charge in [0.2, 0.25) is 5.43 Å². The number of ether oxygens (including phenoxy) is 2. The fourth-order valence-electron chi connectivity index (χ4n) is 5.37. The summed E-state index contributed by atoms with van der Waals surface area (Å²) in [7, 11) is -0.963. The molecular formula is C31H28F3O5S+. The monoisotopic (exact) mass is 569 g/mol. The number of esters is 2. The molecule has 1 unspecified atom stereocenters. The van der Waals surface area contributed by atoms with Crippen molar-refractivity contribution >= 4 is 42.6 Å². The van der Waals surface area contributed by atoms with Crippen LogP contribution in [0.2, 0.25) is 0 Å². The number of halogens is 3. The lowest BCUT2D eigenvalue weighted by Gasteiger charge is -2.27. The Morgan fingerprint density at radius 1 is 0.950 bits per heavy atom. The van der Waals surface area contributed by atoms with Gasteiger partial charge in [0, 0.05) is 22.1 Å². The Balaban J connectivity index is 1.53. The Morgan fingerprint density at radius 2 is 1.65 bits per heavy atom. The lowest BCUT2D eigenvalue weighted by molar-refractivity contribution is -0.163. The van der Waals surface area contributed by atoms with Crippen molar-refractivity contribution in [1.82, 2.24) is 0 Å². The summed E-state index contributed by atoms with van der Waals surface area (Å²) in [5.41, 5.74) is -0.882. The lowest BCUT2D eigenvalue weighted by Crippen LogP contribution is -2.33. The molecule has 0 amide bonds. The molecule has 9 heteroatoms. The van der Waals surface area contributed by atoms with Gasteiger partial charge in [0.1, 0.15) is 5.60 Å². The zero-order chi connectivity index (χ0) is 28.7. The highest BCUT2D eigenvalue weighted by atomic mass is 32.2. The molecular weight excluding hydrogens is 541 g/mol. The molecule has 1 aliphatic rings. The minimum atomic E-state index is -4.60. The zero-order valence-electron chi connectivity index (χ0n) is 22.1. The molecule has 1 saturated carbocycles. The van der Waals surface area contributed by atoms with E-state index in [0.29, 0.717) is 26.1 Å². The lowest BCUT2D eigenvalue weighted by atomic mass is 9.99. The highest BCUT2D eigenvalue weighted by molar-refractivity contribution is 7.49. The van der Waals surface area contributed by atoms with Gasteiger partial charge in [-0.25, -0.2) is 9.59 Å². The minimum absolute atomic E-state index is 0.0104. The first-order valence-electron chi connectivity index (χ1n) is 13.1. The third kappa shape index (κ3) is 5.22.